The van der Waals surface area contributed by atoms with Crippen molar-refractivity contribution in [2.24, 2.45) is 0 Å². The summed E-state index contributed by atoms with van der Waals surface area (Å²) in [6, 6.07) is 9.87. The van der Waals surface area contributed by atoms with E-state index in [1.165, 1.54) is 11.3 Å². The Kier molecular flexibility index (Phi) is 4.55. The van der Waals surface area contributed by atoms with Gasteiger partial charge >= 0.3 is 0 Å². The Balaban J connectivity index is 1.97. The van der Waals surface area contributed by atoms with Gasteiger partial charge < -0.3 is 0 Å². The van der Waals surface area contributed by atoms with Crippen LogP contribution >= 0.6 is 22.9 Å². The maximum atomic E-state index is 11.2. The minimum Gasteiger partial charge on any atom is -0.273 e. The van der Waals surface area contributed by atoms with E-state index in [4.69, 9.17) is 11.6 Å². The number of benzene rings is 1. The van der Waals surface area contributed by atoms with Gasteiger partial charge in [0.05, 0.1) is 5.69 Å². The van der Waals surface area contributed by atoms with Crippen LogP contribution in [0.4, 0.5) is 5.13 Å². The van der Waals surface area contributed by atoms with E-state index in [2.05, 4.69) is 15.8 Å². The minimum atomic E-state index is -0.151. The number of aromatic nitrogens is 1. The first-order valence-corrected chi connectivity index (χ1v) is 6.83. The summed E-state index contributed by atoms with van der Waals surface area (Å²) in [5.74, 6) is 0.155. The molecule has 4 nitrogen and oxygen atoms in total. The van der Waals surface area contributed by atoms with Crippen LogP contribution in [0.15, 0.2) is 35.7 Å². The molecule has 0 unspecified atom stereocenters. The number of hydrazine groups is 1. The number of alkyl halides is 1. The maximum absolute atomic E-state index is 11.2. The predicted molar refractivity (Wildman–Crippen MR) is 74.7 cm³/mol. The highest BCUT2D eigenvalue weighted by molar-refractivity contribution is 7.14. The number of hydrogen-bond donors (Lipinski definition) is 2. The van der Waals surface area contributed by atoms with Gasteiger partial charge in [0.15, 0.2) is 0 Å². The molecule has 0 bridgehead atoms. The Morgan fingerprint density at radius 3 is 2.83 bits per heavy atom. The third-order valence-corrected chi connectivity index (χ3v) is 3.15. The molecule has 2 N–H and O–H groups in total. The third kappa shape index (κ3) is 3.45. The molecular formula is C12H12ClN3OS. The van der Waals surface area contributed by atoms with Crippen LogP contribution in [0, 0.1) is 0 Å². The molecule has 0 aliphatic heterocycles. The molecule has 1 heterocycles. The number of amides is 1. The zero-order chi connectivity index (χ0) is 12.8. The molecular weight excluding hydrogens is 270 g/mol. The van der Waals surface area contributed by atoms with Gasteiger partial charge in [-0.2, -0.15) is 0 Å². The van der Waals surface area contributed by atoms with Crippen molar-refractivity contribution in [1.82, 2.24) is 10.4 Å². The second kappa shape index (κ2) is 6.37. The van der Waals surface area contributed by atoms with Gasteiger partial charge in [0.1, 0.15) is 0 Å². The lowest BCUT2D eigenvalue weighted by molar-refractivity contribution is -0.120. The molecule has 6 heteroatoms. The van der Waals surface area contributed by atoms with E-state index in [0.717, 1.165) is 11.3 Å². The van der Waals surface area contributed by atoms with Crippen LogP contribution < -0.4 is 10.9 Å². The zero-order valence-electron chi connectivity index (χ0n) is 9.52. The quantitative estimate of drug-likeness (QED) is 0.654. The molecule has 0 spiro atoms. The molecule has 1 amide bonds. The number of thiazole rings is 1. The van der Waals surface area contributed by atoms with Gasteiger partial charge in [-0.1, -0.05) is 30.3 Å². The summed E-state index contributed by atoms with van der Waals surface area (Å²) < 4.78 is 0. The molecule has 0 aliphatic rings. The average Bonchev–Trinajstić information content (AvgIpc) is 2.87. The van der Waals surface area contributed by atoms with Crippen molar-refractivity contribution in [3.05, 3.63) is 35.7 Å². The van der Waals surface area contributed by atoms with Gasteiger partial charge in [-0.15, -0.1) is 22.9 Å². The van der Waals surface area contributed by atoms with Crippen LogP contribution in [0.2, 0.25) is 0 Å². The SMILES string of the molecule is O=C(CCCl)NNc1nc(-c2ccccc2)cs1. The van der Waals surface area contributed by atoms with Crippen LogP contribution in [0.25, 0.3) is 11.3 Å². The minimum absolute atomic E-state index is 0.151. The van der Waals surface area contributed by atoms with Crippen LogP contribution in [-0.2, 0) is 4.79 Å². The van der Waals surface area contributed by atoms with Crippen molar-refractivity contribution < 1.29 is 4.79 Å². The second-order valence-electron chi connectivity index (χ2n) is 3.52. The molecule has 0 saturated heterocycles. The van der Waals surface area contributed by atoms with E-state index in [0.29, 0.717) is 11.0 Å². The second-order valence-corrected chi connectivity index (χ2v) is 4.75. The highest BCUT2D eigenvalue weighted by Gasteiger charge is 2.05. The number of carbonyl (C=O) groups is 1. The fraction of sp³-hybridized carbons (Fsp3) is 0.167. The Morgan fingerprint density at radius 1 is 1.33 bits per heavy atom. The molecule has 1 aromatic heterocycles. The number of anilines is 1. The van der Waals surface area contributed by atoms with Crippen LogP contribution in [0.3, 0.4) is 0 Å². The summed E-state index contributed by atoms with van der Waals surface area (Å²) in [5.41, 5.74) is 7.24. The number of carbonyl (C=O) groups excluding carboxylic acids is 1. The Bertz CT molecular complexity index is 515. The molecule has 18 heavy (non-hydrogen) atoms. The van der Waals surface area contributed by atoms with Gasteiger partial charge in [-0.05, 0) is 0 Å². The largest absolute Gasteiger partial charge is 0.273 e. The van der Waals surface area contributed by atoms with Crippen molar-refractivity contribution in [3.63, 3.8) is 0 Å². The number of hydrogen-bond acceptors (Lipinski definition) is 4. The first-order chi connectivity index (χ1) is 8.79. The van der Waals surface area contributed by atoms with E-state index in [-0.39, 0.29) is 12.3 Å². The van der Waals surface area contributed by atoms with Gasteiger partial charge in [-0.25, -0.2) is 4.98 Å². The summed E-state index contributed by atoms with van der Waals surface area (Å²) in [4.78, 5) is 15.6. The molecule has 2 rings (SSSR count). The van der Waals surface area contributed by atoms with E-state index in [1.54, 1.807) is 0 Å². The Labute approximate surface area is 114 Å². The molecule has 0 atom stereocenters. The molecule has 0 radical (unpaired) electrons. The van der Waals surface area contributed by atoms with Crippen molar-refractivity contribution in [2.45, 2.75) is 6.42 Å². The number of nitrogens with zero attached hydrogens (tertiary/aromatic N) is 1. The summed E-state index contributed by atoms with van der Waals surface area (Å²) in [5, 5.41) is 2.59. The van der Waals surface area contributed by atoms with E-state index in [9.17, 15) is 4.79 Å². The van der Waals surface area contributed by atoms with Crippen LogP contribution in [0.1, 0.15) is 6.42 Å². The van der Waals surface area contributed by atoms with Crippen molar-refractivity contribution in [3.8, 4) is 11.3 Å². The van der Waals surface area contributed by atoms with E-state index in [1.807, 2.05) is 35.7 Å². The topological polar surface area (TPSA) is 54.0 Å². The Morgan fingerprint density at radius 2 is 2.11 bits per heavy atom. The summed E-state index contributed by atoms with van der Waals surface area (Å²) in [6.07, 6.45) is 0.283. The Hall–Kier alpha value is -1.59. The highest BCUT2D eigenvalue weighted by Crippen LogP contribution is 2.23. The molecule has 0 aliphatic carbocycles. The lowest BCUT2D eigenvalue weighted by atomic mass is 10.2. The number of halogens is 1. The van der Waals surface area contributed by atoms with Gasteiger partial charge in [0, 0.05) is 23.2 Å². The number of nitrogens with one attached hydrogen (secondary N) is 2. The van der Waals surface area contributed by atoms with Gasteiger partial charge in [0.25, 0.3) is 0 Å². The summed E-state index contributed by atoms with van der Waals surface area (Å²) in [7, 11) is 0. The van der Waals surface area contributed by atoms with E-state index >= 15 is 0 Å². The first-order valence-electron chi connectivity index (χ1n) is 5.41. The lowest BCUT2D eigenvalue weighted by Gasteiger charge is -2.03. The first kappa shape index (κ1) is 12.9. The fourth-order valence-electron chi connectivity index (χ4n) is 1.34. The normalized spacial score (nSPS) is 10.1. The van der Waals surface area contributed by atoms with Crippen molar-refractivity contribution in [1.29, 1.82) is 0 Å². The smallest absolute Gasteiger partial charge is 0.239 e. The monoisotopic (exact) mass is 281 g/mol. The van der Waals surface area contributed by atoms with Gasteiger partial charge in [0.2, 0.25) is 11.0 Å². The predicted octanol–water partition coefficient (Wildman–Crippen LogP) is 2.88. The van der Waals surface area contributed by atoms with Crippen molar-refractivity contribution >= 4 is 34.0 Å². The van der Waals surface area contributed by atoms with Gasteiger partial charge in [-0.3, -0.25) is 15.6 Å². The molecule has 0 saturated carbocycles. The summed E-state index contributed by atoms with van der Waals surface area (Å²) in [6.45, 7) is 0. The maximum Gasteiger partial charge on any atom is 0.239 e. The summed E-state index contributed by atoms with van der Waals surface area (Å²) >= 11 is 6.90. The average molecular weight is 282 g/mol. The fourth-order valence-corrected chi connectivity index (χ4v) is 2.19. The lowest BCUT2D eigenvalue weighted by Crippen LogP contribution is -2.29. The number of rotatable bonds is 5. The third-order valence-electron chi connectivity index (χ3n) is 2.20. The van der Waals surface area contributed by atoms with Crippen molar-refractivity contribution in [2.75, 3.05) is 11.3 Å². The molecule has 1 aromatic carbocycles. The molecule has 94 valence electrons. The highest BCUT2D eigenvalue weighted by atomic mass is 35.5. The van der Waals surface area contributed by atoms with Crippen LogP contribution in [-0.4, -0.2) is 16.8 Å². The standard InChI is InChI=1S/C12H12ClN3OS/c13-7-6-11(17)15-16-12-14-10(8-18-12)9-4-2-1-3-5-9/h1-5,8H,6-7H2,(H,14,16)(H,15,17). The zero-order valence-corrected chi connectivity index (χ0v) is 11.1. The van der Waals surface area contributed by atoms with Crippen LogP contribution in [0.5, 0.6) is 0 Å². The van der Waals surface area contributed by atoms with E-state index < -0.39 is 0 Å². The molecule has 2 aromatic rings. The molecule has 0 fully saturated rings.